The minimum Gasteiger partial charge on any atom is -0.384 e. The number of benzene rings is 1. The van der Waals surface area contributed by atoms with Crippen molar-refractivity contribution >= 4 is 38.9 Å². The van der Waals surface area contributed by atoms with Gasteiger partial charge in [-0.05, 0) is 24.3 Å². The Morgan fingerprint density at radius 3 is 2.57 bits per heavy atom. The molecule has 0 aliphatic heterocycles. The van der Waals surface area contributed by atoms with Gasteiger partial charge < -0.3 is 11.1 Å². The van der Waals surface area contributed by atoms with Gasteiger partial charge in [-0.15, -0.1) is 0 Å². The Bertz CT molecular complexity index is 604. The smallest absolute Gasteiger partial charge is 0.384 e. The van der Waals surface area contributed by atoms with Gasteiger partial charge in [0.25, 0.3) is 0 Å². The minimum atomic E-state index is 0.738. The summed E-state index contributed by atoms with van der Waals surface area (Å²) in [6.45, 7) is 1.67. The molecule has 124 valence electrons. The molecule has 0 atom stereocenters. The second-order valence-corrected chi connectivity index (χ2v) is 7.63. The van der Waals surface area contributed by atoms with E-state index in [1.807, 2.05) is 81.5 Å². The predicted octanol–water partition coefficient (Wildman–Crippen LogP) is 3.02. The van der Waals surface area contributed by atoms with Crippen LogP contribution in [0.15, 0.2) is 46.9 Å². The highest BCUT2D eigenvalue weighted by Crippen LogP contribution is 2.21. The van der Waals surface area contributed by atoms with Crippen LogP contribution in [0.5, 0.6) is 0 Å². The van der Waals surface area contributed by atoms with Crippen molar-refractivity contribution in [2.24, 2.45) is 30.1 Å². The zero-order chi connectivity index (χ0) is 16.5. The second kappa shape index (κ2) is 9.59. The number of aryl methyl sites for hydroxylation is 2. The SMILES string of the molecule is Cn1cc[n+](C)c1N=Nc1ccc(NCCSSCCN)cc1. The molecule has 1 aromatic carbocycles. The van der Waals surface area contributed by atoms with Crippen molar-refractivity contribution in [3.05, 3.63) is 36.7 Å². The highest BCUT2D eigenvalue weighted by molar-refractivity contribution is 8.76. The van der Waals surface area contributed by atoms with Crippen molar-refractivity contribution in [3.63, 3.8) is 0 Å². The van der Waals surface area contributed by atoms with E-state index in [0.717, 1.165) is 41.9 Å². The van der Waals surface area contributed by atoms with Gasteiger partial charge in [-0.3, -0.25) is 0 Å². The van der Waals surface area contributed by atoms with E-state index in [-0.39, 0.29) is 0 Å². The van der Waals surface area contributed by atoms with Gasteiger partial charge >= 0.3 is 5.95 Å². The van der Waals surface area contributed by atoms with Crippen molar-refractivity contribution in [1.82, 2.24) is 4.57 Å². The number of nitrogens with two attached hydrogens (primary N) is 1. The van der Waals surface area contributed by atoms with Gasteiger partial charge in [0.05, 0.1) is 26.5 Å². The van der Waals surface area contributed by atoms with Crippen LogP contribution in [-0.4, -0.2) is 29.2 Å². The molecule has 0 saturated carbocycles. The summed E-state index contributed by atoms with van der Waals surface area (Å²) in [6.07, 6.45) is 3.90. The van der Waals surface area contributed by atoms with Gasteiger partial charge in [0.15, 0.2) is 0 Å². The molecule has 0 unspecified atom stereocenters. The van der Waals surface area contributed by atoms with Gasteiger partial charge in [-0.1, -0.05) is 26.7 Å². The number of hydrogen-bond donors (Lipinski definition) is 2. The lowest BCUT2D eigenvalue weighted by molar-refractivity contribution is -0.657. The molecule has 3 N–H and O–H groups in total. The van der Waals surface area contributed by atoms with Gasteiger partial charge in [0.2, 0.25) is 0 Å². The van der Waals surface area contributed by atoms with Crippen LogP contribution in [-0.2, 0) is 14.1 Å². The number of rotatable bonds is 9. The van der Waals surface area contributed by atoms with E-state index in [0.29, 0.717) is 0 Å². The fraction of sp³-hybridized carbons (Fsp3) is 0.400. The molecular weight excluding hydrogens is 328 g/mol. The molecule has 0 amide bonds. The molecule has 0 spiro atoms. The molecule has 0 saturated heterocycles. The molecule has 0 aliphatic rings. The van der Waals surface area contributed by atoms with E-state index in [1.165, 1.54) is 0 Å². The molecule has 0 bridgehead atoms. The molecule has 0 aliphatic carbocycles. The minimum absolute atomic E-state index is 0.738. The van der Waals surface area contributed by atoms with Crippen LogP contribution in [0.1, 0.15) is 0 Å². The van der Waals surface area contributed by atoms with Crippen molar-refractivity contribution in [3.8, 4) is 0 Å². The highest BCUT2D eigenvalue weighted by Gasteiger charge is 2.10. The summed E-state index contributed by atoms with van der Waals surface area (Å²) in [6, 6.07) is 7.98. The quantitative estimate of drug-likeness (QED) is 0.315. The summed E-state index contributed by atoms with van der Waals surface area (Å²) in [5.74, 6) is 2.86. The lowest BCUT2D eigenvalue weighted by Gasteiger charge is -2.05. The lowest BCUT2D eigenvalue weighted by atomic mass is 10.3. The average Bonchev–Trinajstić information content (AvgIpc) is 2.88. The van der Waals surface area contributed by atoms with E-state index in [9.17, 15) is 0 Å². The molecule has 1 aromatic heterocycles. The zero-order valence-electron chi connectivity index (χ0n) is 13.5. The van der Waals surface area contributed by atoms with Gasteiger partial charge in [-0.25, -0.2) is 9.13 Å². The fourth-order valence-corrected chi connectivity index (χ4v) is 3.64. The van der Waals surface area contributed by atoms with Crippen molar-refractivity contribution in [2.75, 3.05) is 29.9 Å². The number of anilines is 1. The lowest BCUT2D eigenvalue weighted by Crippen LogP contribution is -2.25. The first-order valence-corrected chi connectivity index (χ1v) is 9.90. The molecule has 2 rings (SSSR count). The van der Waals surface area contributed by atoms with Crippen LogP contribution < -0.4 is 15.6 Å². The number of imidazole rings is 1. The van der Waals surface area contributed by atoms with E-state index in [1.54, 1.807) is 0 Å². The Balaban J connectivity index is 1.80. The van der Waals surface area contributed by atoms with Gasteiger partial charge in [0.1, 0.15) is 5.69 Å². The normalized spacial score (nSPS) is 11.3. The Morgan fingerprint density at radius 2 is 1.91 bits per heavy atom. The van der Waals surface area contributed by atoms with E-state index in [4.69, 9.17) is 5.73 Å². The monoisotopic (exact) mass is 351 g/mol. The predicted molar refractivity (Wildman–Crippen MR) is 99.7 cm³/mol. The third-order valence-corrected chi connectivity index (χ3v) is 5.51. The molecule has 23 heavy (non-hydrogen) atoms. The maximum atomic E-state index is 5.45. The second-order valence-electron chi connectivity index (χ2n) is 4.93. The summed E-state index contributed by atoms with van der Waals surface area (Å²) >= 11 is 0. The van der Waals surface area contributed by atoms with Crippen LogP contribution in [0.3, 0.4) is 0 Å². The Morgan fingerprint density at radius 1 is 1.17 bits per heavy atom. The van der Waals surface area contributed by atoms with Crippen LogP contribution >= 0.6 is 21.6 Å². The van der Waals surface area contributed by atoms with Crippen molar-refractivity contribution in [1.29, 1.82) is 0 Å². The Kier molecular flexibility index (Phi) is 7.44. The molecular formula is C15H23N6S2+. The standard InChI is InChI=1S/C15H22N6S2/c1-20-9-10-21(2)15(20)19-18-14-5-3-13(4-6-14)17-8-12-23-22-11-7-16/h3-6,9-10H,7-8,11-12,16H2,1-2H3/p+1. The van der Waals surface area contributed by atoms with Crippen LogP contribution in [0, 0.1) is 0 Å². The molecule has 8 heteroatoms. The third-order valence-electron chi connectivity index (χ3n) is 3.07. The third kappa shape index (κ3) is 5.89. The maximum Gasteiger partial charge on any atom is 0.421 e. The van der Waals surface area contributed by atoms with E-state index in [2.05, 4.69) is 15.5 Å². The van der Waals surface area contributed by atoms with Crippen LogP contribution in [0.2, 0.25) is 0 Å². The van der Waals surface area contributed by atoms with Crippen molar-refractivity contribution < 1.29 is 4.57 Å². The largest absolute Gasteiger partial charge is 0.421 e. The summed E-state index contributed by atoms with van der Waals surface area (Å²) in [7, 11) is 7.56. The first-order valence-electron chi connectivity index (χ1n) is 7.42. The fourth-order valence-electron chi connectivity index (χ4n) is 1.87. The highest BCUT2D eigenvalue weighted by atomic mass is 33.1. The first kappa shape index (κ1) is 17.8. The summed E-state index contributed by atoms with van der Waals surface area (Å²) in [4.78, 5) is 0. The van der Waals surface area contributed by atoms with Crippen LogP contribution in [0.25, 0.3) is 0 Å². The molecule has 1 heterocycles. The van der Waals surface area contributed by atoms with Crippen LogP contribution in [0.4, 0.5) is 17.3 Å². The van der Waals surface area contributed by atoms with E-state index < -0.39 is 0 Å². The molecule has 0 fully saturated rings. The molecule has 0 radical (unpaired) electrons. The number of azo groups is 1. The molecule has 6 nitrogen and oxygen atoms in total. The molecule has 2 aromatic rings. The number of nitrogens with zero attached hydrogens (tertiary/aromatic N) is 4. The summed E-state index contributed by atoms with van der Waals surface area (Å²) in [5, 5.41) is 12.0. The summed E-state index contributed by atoms with van der Waals surface area (Å²) in [5.41, 5.74) is 7.38. The number of aromatic nitrogens is 2. The number of nitrogens with one attached hydrogen (secondary N) is 1. The van der Waals surface area contributed by atoms with Crippen molar-refractivity contribution in [2.45, 2.75) is 0 Å². The summed E-state index contributed by atoms with van der Waals surface area (Å²) < 4.78 is 3.86. The Hall–Kier alpha value is -1.51. The van der Waals surface area contributed by atoms with Gasteiger partial charge in [0, 0.05) is 35.4 Å². The van der Waals surface area contributed by atoms with Gasteiger partial charge in [-0.2, -0.15) is 0 Å². The zero-order valence-corrected chi connectivity index (χ0v) is 15.1. The topological polar surface area (TPSA) is 71.6 Å². The Labute approximate surface area is 145 Å². The maximum absolute atomic E-state index is 5.45. The van der Waals surface area contributed by atoms with E-state index >= 15 is 0 Å². The average molecular weight is 352 g/mol. The number of hydrogen-bond acceptors (Lipinski definition) is 6. The first-order chi connectivity index (χ1) is 11.2.